The van der Waals surface area contributed by atoms with Gasteiger partial charge in [-0.1, -0.05) is 34.5 Å². The molecule has 164 valence electrons. The van der Waals surface area contributed by atoms with Crippen LogP contribution in [0, 0.1) is 5.82 Å². The van der Waals surface area contributed by atoms with E-state index in [0.29, 0.717) is 21.9 Å². The van der Waals surface area contributed by atoms with Crippen LogP contribution >= 0.6 is 34.5 Å². The smallest absolute Gasteiger partial charge is 0.266 e. The van der Waals surface area contributed by atoms with Gasteiger partial charge in [0.25, 0.3) is 10.0 Å². The number of sulfonamides is 1. The van der Waals surface area contributed by atoms with Gasteiger partial charge >= 0.3 is 0 Å². The maximum absolute atomic E-state index is 14.8. The van der Waals surface area contributed by atoms with E-state index in [1.54, 1.807) is 30.3 Å². The van der Waals surface area contributed by atoms with E-state index in [4.69, 9.17) is 33.7 Å². The molecule has 8 nitrogen and oxygen atoms in total. The van der Waals surface area contributed by atoms with Gasteiger partial charge in [0.05, 0.1) is 5.02 Å². The van der Waals surface area contributed by atoms with Crippen LogP contribution in [0.4, 0.5) is 15.3 Å². The number of pyridine rings is 1. The number of nitrogens with zero attached hydrogens (tertiary/aromatic N) is 3. The number of halogens is 3. The third kappa shape index (κ3) is 4.75. The maximum atomic E-state index is 14.8. The molecule has 0 amide bonds. The Morgan fingerprint density at radius 2 is 1.91 bits per heavy atom. The highest BCUT2D eigenvalue weighted by Crippen LogP contribution is 2.39. The molecule has 0 aliphatic rings. The summed E-state index contributed by atoms with van der Waals surface area (Å²) in [5, 5.41) is 7.40. The molecule has 3 N–H and O–H groups in total. The highest BCUT2D eigenvalue weighted by atomic mass is 35.5. The Labute approximate surface area is 195 Å². The van der Waals surface area contributed by atoms with Crippen LogP contribution in [0.5, 0.6) is 11.5 Å². The standard InChI is InChI=1S/C19H12Cl2FN5O3S2/c20-11-1-2-15(12(6-11)10-3-4-24-18(23)5-10)30-16-8-14(22)17(7-13(16)21)32(28,29)27-19-26-25-9-31-19/h1-9H,(H2,23,24)(H,26,27). The molecule has 0 aliphatic carbocycles. The van der Waals surface area contributed by atoms with E-state index in [1.165, 1.54) is 11.7 Å². The van der Waals surface area contributed by atoms with E-state index < -0.39 is 20.7 Å². The molecular formula is C19H12Cl2FN5O3S2. The molecule has 4 aromatic rings. The largest absolute Gasteiger partial charge is 0.455 e. The number of nitrogen functional groups attached to an aromatic ring is 1. The van der Waals surface area contributed by atoms with E-state index in [9.17, 15) is 12.8 Å². The normalized spacial score (nSPS) is 11.3. The molecule has 4 rings (SSSR count). The average molecular weight is 512 g/mol. The van der Waals surface area contributed by atoms with Gasteiger partial charge in [0.15, 0.2) is 0 Å². The quantitative estimate of drug-likeness (QED) is 0.363. The summed E-state index contributed by atoms with van der Waals surface area (Å²) in [6.07, 6.45) is 1.52. The fourth-order valence-electron chi connectivity index (χ4n) is 2.73. The highest BCUT2D eigenvalue weighted by molar-refractivity contribution is 7.93. The fourth-order valence-corrected chi connectivity index (χ4v) is 4.95. The van der Waals surface area contributed by atoms with Crippen molar-refractivity contribution in [3.63, 3.8) is 0 Å². The van der Waals surface area contributed by atoms with Gasteiger partial charge in [-0.15, -0.1) is 10.2 Å². The van der Waals surface area contributed by atoms with Crippen LogP contribution in [-0.2, 0) is 10.0 Å². The Kier molecular flexibility index (Phi) is 6.15. The van der Waals surface area contributed by atoms with Gasteiger partial charge < -0.3 is 10.5 Å². The first-order valence-corrected chi connectivity index (χ1v) is 11.8. The zero-order valence-corrected chi connectivity index (χ0v) is 18.9. The maximum Gasteiger partial charge on any atom is 0.266 e. The van der Waals surface area contributed by atoms with Crippen molar-refractivity contribution in [2.45, 2.75) is 4.90 Å². The van der Waals surface area contributed by atoms with Crippen LogP contribution in [-0.4, -0.2) is 23.6 Å². The van der Waals surface area contributed by atoms with Crippen LogP contribution in [0.15, 0.2) is 59.1 Å². The lowest BCUT2D eigenvalue weighted by Gasteiger charge is -2.14. The lowest BCUT2D eigenvalue weighted by molar-refractivity contribution is 0.475. The molecule has 0 atom stereocenters. The lowest BCUT2D eigenvalue weighted by atomic mass is 10.1. The van der Waals surface area contributed by atoms with Crippen molar-refractivity contribution >= 4 is 55.5 Å². The van der Waals surface area contributed by atoms with Crippen LogP contribution < -0.4 is 15.2 Å². The molecule has 2 aromatic heterocycles. The van der Waals surface area contributed by atoms with Gasteiger partial charge in [-0.3, -0.25) is 4.72 Å². The third-order valence-electron chi connectivity index (χ3n) is 4.11. The van der Waals surface area contributed by atoms with Crippen LogP contribution in [0.2, 0.25) is 10.0 Å². The summed E-state index contributed by atoms with van der Waals surface area (Å²) >= 11 is 13.3. The molecule has 0 fully saturated rings. The molecule has 0 radical (unpaired) electrons. The number of aromatic nitrogens is 3. The van der Waals surface area contributed by atoms with E-state index in [1.807, 2.05) is 0 Å². The van der Waals surface area contributed by atoms with Gasteiger partial charge in [0.1, 0.15) is 33.5 Å². The number of benzene rings is 2. The predicted molar refractivity (Wildman–Crippen MR) is 121 cm³/mol. The molecule has 32 heavy (non-hydrogen) atoms. The van der Waals surface area contributed by atoms with Gasteiger partial charge in [0, 0.05) is 22.8 Å². The Bertz CT molecular complexity index is 1400. The predicted octanol–water partition coefficient (Wildman–Crippen LogP) is 5.22. The summed E-state index contributed by atoms with van der Waals surface area (Å²) in [5.74, 6) is -0.575. The van der Waals surface area contributed by atoms with Crippen LogP contribution in [0.1, 0.15) is 0 Å². The number of anilines is 2. The van der Waals surface area contributed by atoms with Crippen molar-refractivity contribution < 1.29 is 17.5 Å². The van der Waals surface area contributed by atoms with E-state index in [2.05, 4.69) is 19.9 Å². The molecule has 0 saturated heterocycles. The minimum Gasteiger partial charge on any atom is -0.455 e. The van der Waals surface area contributed by atoms with Crippen molar-refractivity contribution in [1.29, 1.82) is 0 Å². The third-order valence-corrected chi connectivity index (χ3v) is 6.73. The Hall–Kier alpha value is -2.99. The summed E-state index contributed by atoms with van der Waals surface area (Å²) in [6, 6.07) is 9.96. The van der Waals surface area contributed by atoms with Gasteiger partial charge in [-0.05, 0) is 42.0 Å². The topological polar surface area (TPSA) is 120 Å². The Balaban J connectivity index is 1.70. The SMILES string of the molecule is Nc1cc(-c2cc(Cl)ccc2Oc2cc(F)c(S(=O)(=O)Nc3nncs3)cc2Cl)ccn1. The molecule has 0 unspecified atom stereocenters. The number of hydrogen-bond acceptors (Lipinski definition) is 8. The van der Waals surface area contributed by atoms with Crippen molar-refractivity contribution in [2.24, 2.45) is 0 Å². The number of rotatable bonds is 6. The molecule has 13 heteroatoms. The van der Waals surface area contributed by atoms with Crippen molar-refractivity contribution in [3.05, 3.63) is 70.0 Å². The molecular weight excluding hydrogens is 500 g/mol. The molecule has 2 heterocycles. The molecule has 0 spiro atoms. The average Bonchev–Trinajstić information content (AvgIpc) is 3.24. The van der Waals surface area contributed by atoms with E-state index in [0.717, 1.165) is 23.5 Å². The molecule has 2 aromatic carbocycles. The first-order valence-electron chi connectivity index (χ1n) is 8.70. The zero-order valence-electron chi connectivity index (χ0n) is 15.8. The van der Waals surface area contributed by atoms with Gasteiger partial charge in [-0.2, -0.15) is 0 Å². The highest BCUT2D eigenvalue weighted by Gasteiger charge is 2.24. The van der Waals surface area contributed by atoms with Gasteiger partial charge in [0.2, 0.25) is 5.13 Å². The van der Waals surface area contributed by atoms with Crippen LogP contribution in [0.3, 0.4) is 0 Å². The Morgan fingerprint density at radius 3 is 2.62 bits per heavy atom. The monoisotopic (exact) mass is 511 g/mol. The second-order valence-electron chi connectivity index (χ2n) is 6.27. The fraction of sp³-hybridized carbons (Fsp3) is 0. The van der Waals surface area contributed by atoms with Crippen LogP contribution in [0.25, 0.3) is 11.1 Å². The first-order chi connectivity index (χ1) is 15.2. The molecule has 0 saturated carbocycles. The minimum atomic E-state index is -4.28. The van der Waals surface area contributed by atoms with Crippen molar-refractivity contribution in [1.82, 2.24) is 15.2 Å². The molecule has 0 aliphatic heterocycles. The number of ether oxygens (including phenoxy) is 1. The van der Waals surface area contributed by atoms with Crippen molar-refractivity contribution in [2.75, 3.05) is 10.5 Å². The summed E-state index contributed by atoms with van der Waals surface area (Å²) in [5.41, 5.74) is 8.30. The second kappa shape index (κ2) is 8.87. The zero-order chi connectivity index (χ0) is 22.9. The number of nitrogens with one attached hydrogen (secondary N) is 1. The number of hydrogen-bond donors (Lipinski definition) is 2. The Morgan fingerprint density at radius 1 is 1.09 bits per heavy atom. The van der Waals surface area contributed by atoms with Crippen molar-refractivity contribution in [3.8, 4) is 22.6 Å². The summed E-state index contributed by atoms with van der Waals surface area (Å²) in [6.45, 7) is 0. The van der Waals surface area contributed by atoms with E-state index in [-0.39, 0.29) is 21.7 Å². The summed E-state index contributed by atoms with van der Waals surface area (Å²) in [4.78, 5) is 3.29. The first kappa shape index (κ1) is 22.2. The second-order valence-corrected chi connectivity index (χ2v) is 9.60. The minimum absolute atomic E-state index is 0.0109. The number of nitrogens with two attached hydrogens (primary N) is 1. The summed E-state index contributed by atoms with van der Waals surface area (Å²) in [7, 11) is -4.28. The molecule has 0 bridgehead atoms. The summed E-state index contributed by atoms with van der Waals surface area (Å²) < 4.78 is 47.7. The van der Waals surface area contributed by atoms with Gasteiger partial charge in [-0.25, -0.2) is 17.8 Å². The lowest BCUT2D eigenvalue weighted by Crippen LogP contribution is -2.14. The van der Waals surface area contributed by atoms with E-state index >= 15 is 0 Å².